The minimum atomic E-state index is -0.217. The van der Waals surface area contributed by atoms with Crippen molar-refractivity contribution in [1.82, 2.24) is 29.5 Å². The third-order valence-corrected chi connectivity index (χ3v) is 5.19. The Morgan fingerprint density at radius 1 is 1.07 bits per heavy atom. The predicted molar refractivity (Wildman–Crippen MR) is 105 cm³/mol. The molecule has 0 saturated carbocycles. The number of nitrogens with one attached hydrogen (secondary N) is 1. The summed E-state index contributed by atoms with van der Waals surface area (Å²) >= 11 is 1.51. The van der Waals surface area contributed by atoms with Crippen LogP contribution in [-0.2, 0) is 0 Å². The lowest BCUT2D eigenvalue weighted by molar-refractivity contribution is 0.0763. The second-order valence-electron chi connectivity index (χ2n) is 6.32. The number of rotatable bonds is 3. The number of amides is 3. The van der Waals surface area contributed by atoms with Crippen LogP contribution in [0.5, 0.6) is 0 Å². The van der Waals surface area contributed by atoms with Crippen LogP contribution in [0.25, 0.3) is 5.69 Å². The van der Waals surface area contributed by atoms with Crippen LogP contribution < -0.4 is 5.32 Å². The summed E-state index contributed by atoms with van der Waals surface area (Å²) in [6.45, 7) is 2.24. The van der Waals surface area contributed by atoms with E-state index < -0.39 is 0 Å². The molecule has 3 aromatic rings. The van der Waals surface area contributed by atoms with Crippen molar-refractivity contribution in [3.8, 4) is 5.69 Å². The van der Waals surface area contributed by atoms with E-state index >= 15 is 0 Å². The number of anilines is 1. The molecule has 1 N–H and O–H groups in total. The van der Waals surface area contributed by atoms with Crippen LogP contribution in [0.1, 0.15) is 16.8 Å². The number of hydrogen-bond donors (Lipinski definition) is 1. The molecule has 0 bridgehead atoms. The van der Waals surface area contributed by atoms with Crippen molar-refractivity contribution in [3.05, 3.63) is 53.4 Å². The number of nitrogens with zero attached hydrogens (tertiary/aromatic N) is 6. The Bertz CT molecular complexity index is 926. The van der Waals surface area contributed by atoms with Gasteiger partial charge in [0.25, 0.3) is 5.91 Å². The highest BCUT2D eigenvalue weighted by atomic mass is 32.1. The normalized spacial score (nSPS) is 14.6. The van der Waals surface area contributed by atoms with E-state index in [-0.39, 0.29) is 11.9 Å². The fourth-order valence-corrected chi connectivity index (χ4v) is 3.65. The molecule has 28 heavy (non-hydrogen) atoms. The fourth-order valence-electron chi connectivity index (χ4n) is 3.02. The second kappa shape index (κ2) is 8.17. The molecule has 3 aromatic heterocycles. The molecule has 0 radical (unpaired) electrons. The molecular formula is C18H19N7O2S. The first-order valence-corrected chi connectivity index (χ1v) is 9.83. The topological polar surface area (TPSA) is 96.2 Å². The summed E-state index contributed by atoms with van der Waals surface area (Å²) in [5.74, 6) is 0.484. The van der Waals surface area contributed by atoms with Gasteiger partial charge in [0.15, 0.2) is 0 Å². The van der Waals surface area contributed by atoms with Crippen LogP contribution in [0, 0.1) is 0 Å². The molecule has 10 heteroatoms. The highest BCUT2D eigenvalue weighted by Gasteiger charge is 2.23. The molecule has 0 aliphatic carbocycles. The van der Waals surface area contributed by atoms with Crippen LogP contribution in [0.15, 0.2) is 47.8 Å². The van der Waals surface area contributed by atoms with Crippen LogP contribution in [0.3, 0.4) is 0 Å². The van der Waals surface area contributed by atoms with Gasteiger partial charge in [-0.1, -0.05) is 0 Å². The third kappa shape index (κ3) is 4.01. The number of urea groups is 1. The highest BCUT2D eigenvalue weighted by molar-refractivity contribution is 7.08. The van der Waals surface area contributed by atoms with E-state index in [1.807, 2.05) is 16.8 Å². The van der Waals surface area contributed by atoms with Gasteiger partial charge in [-0.05, 0) is 30.0 Å². The smallest absolute Gasteiger partial charge is 0.323 e. The maximum Gasteiger partial charge on any atom is 0.323 e. The van der Waals surface area contributed by atoms with Crippen molar-refractivity contribution in [2.24, 2.45) is 0 Å². The van der Waals surface area contributed by atoms with Crippen molar-refractivity contribution in [3.63, 3.8) is 0 Å². The zero-order chi connectivity index (χ0) is 19.3. The molecule has 3 amide bonds. The molecule has 1 fully saturated rings. The summed E-state index contributed by atoms with van der Waals surface area (Å²) in [4.78, 5) is 36.8. The van der Waals surface area contributed by atoms with Gasteiger partial charge in [-0.15, -0.1) is 0 Å². The Balaban J connectivity index is 1.34. The lowest BCUT2D eigenvalue weighted by Gasteiger charge is -2.22. The Morgan fingerprint density at radius 2 is 1.93 bits per heavy atom. The first-order valence-electron chi connectivity index (χ1n) is 8.89. The standard InChI is InChI=1S/C18H19N7O2S/c26-17(14-4-9-28-11-14)23-5-1-6-24(8-7-23)18(27)22-16-3-2-15(10-20-16)25-13-19-12-21-25/h2-4,9-13H,1,5-8H2,(H,20,22,27). The zero-order valence-electron chi connectivity index (χ0n) is 15.1. The monoisotopic (exact) mass is 397 g/mol. The van der Waals surface area contributed by atoms with Gasteiger partial charge in [0.2, 0.25) is 0 Å². The molecule has 0 unspecified atom stereocenters. The van der Waals surface area contributed by atoms with E-state index in [2.05, 4.69) is 20.4 Å². The summed E-state index contributed by atoms with van der Waals surface area (Å²) in [6, 6.07) is 5.14. The summed E-state index contributed by atoms with van der Waals surface area (Å²) in [7, 11) is 0. The Morgan fingerprint density at radius 3 is 2.64 bits per heavy atom. The molecule has 9 nitrogen and oxygen atoms in total. The molecule has 4 rings (SSSR count). The summed E-state index contributed by atoms with van der Waals surface area (Å²) < 4.78 is 1.59. The molecular weight excluding hydrogens is 378 g/mol. The summed E-state index contributed by atoms with van der Waals surface area (Å²) in [6.07, 6.45) is 5.38. The van der Waals surface area contributed by atoms with Crippen LogP contribution in [-0.4, -0.2) is 67.7 Å². The molecule has 1 aliphatic rings. The number of carbonyl (C=O) groups excluding carboxylic acids is 2. The van der Waals surface area contributed by atoms with Gasteiger partial charge in [-0.2, -0.15) is 16.4 Å². The van der Waals surface area contributed by atoms with Gasteiger partial charge in [0, 0.05) is 31.6 Å². The molecule has 1 saturated heterocycles. The van der Waals surface area contributed by atoms with Gasteiger partial charge < -0.3 is 9.80 Å². The van der Waals surface area contributed by atoms with Gasteiger partial charge in [0.05, 0.1) is 17.4 Å². The fraction of sp³-hybridized carbons (Fsp3) is 0.278. The van der Waals surface area contributed by atoms with E-state index in [4.69, 9.17) is 0 Å². The minimum absolute atomic E-state index is 0.0221. The summed E-state index contributed by atoms with van der Waals surface area (Å²) in [5, 5.41) is 10.6. The Labute approximate surface area is 165 Å². The zero-order valence-corrected chi connectivity index (χ0v) is 15.9. The van der Waals surface area contributed by atoms with Crippen LogP contribution in [0.4, 0.5) is 10.6 Å². The lowest BCUT2D eigenvalue weighted by atomic mass is 10.3. The number of carbonyl (C=O) groups is 2. The Kier molecular flexibility index (Phi) is 5.29. The van der Waals surface area contributed by atoms with Crippen LogP contribution in [0.2, 0.25) is 0 Å². The summed E-state index contributed by atoms with van der Waals surface area (Å²) in [5.41, 5.74) is 1.47. The van der Waals surface area contributed by atoms with Crippen LogP contribution >= 0.6 is 11.3 Å². The van der Waals surface area contributed by atoms with E-state index in [1.54, 1.807) is 39.1 Å². The maximum absolute atomic E-state index is 12.6. The van der Waals surface area contributed by atoms with E-state index in [0.717, 1.165) is 12.1 Å². The molecule has 144 valence electrons. The minimum Gasteiger partial charge on any atom is -0.337 e. The number of thiophene rings is 1. The molecule has 1 aliphatic heterocycles. The second-order valence-corrected chi connectivity index (χ2v) is 7.10. The molecule has 0 spiro atoms. The maximum atomic E-state index is 12.6. The molecule has 0 aromatic carbocycles. The number of hydrogen-bond acceptors (Lipinski definition) is 6. The van der Waals surface area contributed by atoms with Crippen molar-refractivity contribution in [2.75, 3.05) is 31.5 Å². The van der Waals surface area contributed by atoms with Gasteiger partial charge in [-0.25, -0.2) is 19.4 Å². The van der Waals surface area contributed by atoms with E-state index in [9.17, 15) is 9.59 Å². The molecule has 0 atom stereocenters. The number of pyridine rings is 1. The number of aromatic nitrogens is 4. The van der Waals surface area contributed by atoms with Crippen molar-refractivity contribution in [2.45, 2.75) is 6.42 Å². The van der Waals surface area contributed by atoms with E-state index in [0.29, 0.717) is 37.6 Å². The van der Waals surface area contributed by atoms with E-state index in [1.165, 1.54) is 17.7 Å². The highest BCUT2D eigenvalue weighted by Crippen LogP contribution is 2.14. The average molecular weight is 397 g/mol. The Hall–Kier alpha value is -3.27. The lowest BCUT2D eigenvalue weighted by Crippen LogP contribution is -2.39. The van der Waals surface area contributed by atoms with Crippen molar-refractivity contribution >= 4 is 29.1 Å². The molecule has 4 heterocycles. The first kappa shape index (κ1) is 18.1. The van der Waals surface area contributed by atoms with Gasteiger partial charge in [0.1, 0.15) is 18.5 Å². The largest absolute Gasteiger partial charge is 0.337 e. The quantitative estimate of drug-likeness (QED) is 0.730. The van der Waals surface area contributed by atoms with Crippen molar-refractivity contribution < 1.29 is 9.59 Å². The van der Waals surface area contributed by atoms with Gasteiger partial charge >= 0.3 is 6.03 Å². The predicted octanol–water partition coefficient (Wildman–Crippen LogP) is 2.10. The SMILES string of the molecule is O=C(Nc1ccc(-n2cncn2)cn1)N1CCCN(C(=O)c2ccsc2)CC1. The van der Waals surface area contributed by atoms with Crippen molar-refractivity contribution in [1.29, 1.82) is 0 Å². The third-order valence-electron chi connectivity index (χ3n) is 4.50. The van der Waals surface area contributed by atoms with Gasteiger partial charge in [-0.3, -0.25) is 10.1 Å². The average Bonchev–Trinajstić information content (AvgIpc) is 3.38. The first-order chi connectivity index (χ1) is 13.7.